The third kappa shape index (κ3) is 5.00. The summed E-state index contributed by atoms with van der Waals surface area (Å²) < 4.78 is 53.7. The maximum atomic E-state index is 14.2. The van der Waals surface area contributed by atoms with Crippen LogP contribution in [0.5, 0.6) is 0 Å². The Kier molecular flexibility index (Phi) is 6.78. The van der Waals surface area contributed by atoms with E-state index in [1.54, 1.807) is 18.5 Å². The average Bonchev–Trinajstić information content (AvgIpc) is 3.43. The van der Waals surface area contributed by atoms with Crippen LogP contribution in [0.25, 0.3) is 0 Å². The predicted molar refractivity (Wildman–Crippen MR) is 138 cm³/mol. The number of hydrogen-bond donors (Lipinski definition) is 2. The van der Waals surface area contributed by atoms with Crippen LogP contribution in [0.15, 0.2) is 65.8 Å². The van der Waals surface area contributed by atoms with Gasteiger partial charge in [0.15, 0.2) is 0 Å². The smallest absolute Gasteiger partial charge is 0.381 e. The quantitative estimate of drug-likeness (QED) is 0.574. The van der Waals surface area contributed by atoms with Gasteiger partial charge >= 0.3 is 6.18 Å². The summed E-state index contributed by atoms with van der Waals surface area (Å²) in [6.45, 7) is 7.34. The lowest BCUT2D eigenvalue weighted by molar-refractivity contribution is -0.0924. The number of aliphatic hydroxyl groups is 1. The third-order valence-electron chi connectivity index (χ3n) is 7.83. The number of aromatic amines is 1. The van der Waals surface area contributed by atoms with Gasteiger partial charge in [0.25, 0.3) is 0 Å². The highest BCUT2D eigenvalue weighted by molar-refractivity contribution is 5.59. The first-order chi connectivity index (χ1) is 18.7. The molecular formula is C28H32F3N5O3. The molecule has 1 unspecified atom stereocenters. The first-order valence-electron chi connectivity index (χ1n) is 13.2. The van der Waals surface area contributed by atoms with Crippen LogP contribution in [-0.4, -0.2) is 83.2 Å². The molecule has 1 aromatic carbocycles. The number of halogens is 3. The first kappa shape index (κ1) is 26.1. The minimum Gasteiger partial charge on any atom is -0.381 e. The Bertz CT molecular complexity index is 1320. The van der Waals surface area contributed by atoms with Crippen molar-refractivity contribution in [3.05, 3.63) is 82.6 Å². The van der Waals surface area contributed by atoms with Crippen LogP contribution in [-0.2, 0) is 9.47 Å². The molecule has 3 atom stereocenters. The molecule has 2 aromatic rings. The topological polar surface area (TPSA) is 77.1 Å². The second kappa shape index (κ2) is 10.1. The molecule has 5 heterocycles. The van der Waals surface area contributed by atoms with E-state index in [0.717, 1.165) is 16.8 Å². The van der Waals surface area contributed by atoms with Gasteiger partial charge in [-0.25, -0.2) is 0 Å². The standard InChI is InChI=1S/C28H32F3N5O3/c1-17-10-32-33-26(17)25(21-15-38-16-21)20-4-3-5-22(9-20)35-14-24-23(28(29,30)31)8-19(13-36(24)27(35)37)12-34-6-7-39-18(2)11-34/h3-5,8-10,13-14,18,21,25,27,37H,6-7,11-12,15-16H2,1-2H3,(H,32,33)/t18-,25+,27?/m1/s1. The molecule has 0 saturated carbocycles. The van der Waals surface area contributed by atoms with E-state index < -0.39 is 18.1 Å². The second-order valence-corrected chi connectivity index (χ2v) is 10.7. The van der Waals surface area contributed by atoms with Crippen molar-refractivity contribution in [2.24, 2.45) is 5.92 Å². The number of morpholine rings is 1. The molecule has 2 saturated heterocycles. The second-order valence-electron chi connectivity index (χ2n) is 10.7. The number of hydrogen-bond acceptors (Lipinski definition) is 7. The molecule has 4 aliphatic heterocycles. The van der Waals surface area contributed by atoms with Crippen LogP contribution in [0.2, 0.25) is 0 Å². The van der Waals surface area contributed by atoms with Crippen LogP contribution in [0.1, 0.15) is 29.7 Å². The van der Waals surface area contributed by atoms with Crippen molar-refractivity contribution < 1.29 is 27.8 Å². The number of benzene rings is 1. The number of anilines is 1. The Labute approximate surface area is 225 Å². The summed E-state index contributed by atoms with van der Waals surface area (Å²) in [5.41, 5.74) is 3.25. The minimum absolute atomic E-state index is 0.00997. The van der Waals surface area contributed by atoms with E-state index in [1.165, 1.54) is 22.1 Å². The van der Waals surface area contributed by atoms with Gasteiger partial charge in [0.05, 0.1) is 43.4 Å². The number of nitrogens with one attached hydrogen (secondary N) is 1. The lowest BCUT2D eigenvalue weighted by atomic mass is 9.81. The summed E-state index contributed by atoms with van der Waals surface area (Å²) >= 11 is 0. The number of aliphatic hydroxyl groups excluding tert-OH is 1. The van der Waals surface area contributed by atoms with Gasteiger partial charge < -0.3 is 24.4 Å². The Morgan fingerprint density at radius 3 is 2.69 bits per heavy atom. The van der Waals surface area contributed by atoms with E-state index in [2.05, 4.69) is 15.1 Å². The number of aromatic nitrogens is 2. The molecule has 0 spiro atoms. The SMILES string of the molecule is Cc1cn[nH]c1[C@@H](c1cccc(N2C=C3C(C(F)(F)F)=CC(CN4CCO[C@H](C)C4)=CN3C2O)c1)C1COC1. The van der Waals surface area contributed by atoms with Crippen molar-refractivity contribution in [2.75, 3.05) is 44.4 Å². The van der Waals surface area contributed by atoms with Crippen LogP contribution < -0.4 is 4.90 Å². The van der Waals surface area contributed by atoms with Gasteiger partial charge in [-0.15, -0.1) is 0 Å². The molecule has 4 aliphatic rings. The third-order valence-corrected chi connectivity index (χ3v) is 7.83. The van der Waals surface area contributed by atoms with Gasteiger partial charge in [0, 0.05) is 55.3 Å². The molecular weight excluding hydrogens is 511 g/mol. The van der Waals surface area contributed by atoms with Gasteiger partial charge in [-0.3, -0.25) is 10.00 Å². The van der Waals surface area contributed by atoms with Crippen LogP contribution in [0.3, 0.4) is 0 Å². The zero-order valence-electron chi connectivity index (χ0n) is 21.9. The normalized spacial score (nSPS) is 25.1. The van der Waals surface area contributed by atoms with E-state index in [4.69, 9.17) is 9.47 Å². The molecule has 6 rings (SSSR count). The summed E-state index contributed by atoms with van der Waals surface area (Å²) in [4.78, 5) is 4.87. The van der Waals surface area contributed by atoms with Crippen molar-refractivity contribution in [3.63, 3.8) is 0 Å². The van der Waals surface area contributed by atoms with E-state index in [-0.39, 0.29) is 23.6 Å². The molecule has 11 heteroatoms. The number of ether oxygens (including phenoxy) is 2. The highest BCUT2D eigenvalue weighted by Crippen LogP contribution is 2.43. The fourth-order valence-corrected chi connectivity index (χ4v) is 5.83. The van der Waals surface area contributed by atoms with Crippen molar-refractivity contribution >= 4 is 5.69 Å². The monoisotopic (exact) mass is 543 g/mol. The fourth-order valence-electron chi connectivity index (χ4n) is 5.83. The van der Waals surface area contributed by atoms with E-state index in [1.807, 2.05) is 32.0 Å². The number of allylic oxidation sites excluding steroid dienone is 1. The maximum Gasteiger partial charge on any atom is 0.418 e. The van der Waals surface area contributed by atoms with Gasteiger partial charge in [-0.2, -0.15) is 18.3 Å². The largest absolute Gasteiger partial charge is 0.418 e. The number of aryl methyl sites for hydroxylation is 1. The van der Waals surface area contributed by atoms with Gasteiger partial charge in [-0.05, 0) is 48.8 Å². The Balaban J connectivity index is 1.31. The molecule has 0 radical (unpaired) electrons. The Morgan fingerprint density at radius 2 is 2.03 bits per heavy atom. The van der Waals surface area contributed by atoms with E-state index in [9.17, 15) is 18.3 Å². The lowest BCUT2D eigenvalue weighted by Crippen LogP contribution is -2.43. The summed E-state index contributed by atoms with van der Waals surface area (Å²) in [5.74, 6) is 0.241. The van der Waals surface area contributed by atoms with Crippen LogP contribution in [0, 0.1) is 12.8 Å². The molecule has 208 valence electrons. The van der Waals surface area contributed by atoms with E-state index in [0.29, 0.717) is 50.7 Å². The number of rotatable bonds is 6. The number of fused-ring (bicyclic) bond motifs is 1. The van der Waals surface area contributed by atoms with Crippen LogP contribution >= 0.6 is 0 Å². The van der Waals surface area contributed by atoms with Gasteiger partial charge in [-0.1, -0.05) is 12.1 Å². The molecule has 0 bridgehead atoms. The predicted octanol–water partition coefficient (Wildman–Crippen LogP) is 3.84. The van der Waals surface area contributed by atoms with Crippen molar-refractivity contribution in [1.82, 2.24) is 20.0 Å². The maximum absolute atomic E-state index is 14.2. The minimum atomic E-state index is -4.58. The first-order valence-corrected chi connectivity index (χ1v) is 13.2. The molecule has 2 N–H and O–H groups in total. The Hall–Kier alpha value is -3.12. The fraction of sp³-hybridized carbons (Fsp3) is 0.464. The zero-order chi connectivity index (χ0) is 27.3. The molecule has 1 aromatic heterocycles. The number of alkyl halides is 3. The molecule has 8 nitrogen and oxygen atoms in total. The summed E-state index contributed by atoms with van der Waals surface area (Å²) in [6, 6.07) is 7.59. The molecule has 2 fully saturated rings. The number of nitrogens with zero attached hydrogens (tertiary/aromatic N) is 4. The summed E-state index contributed by atoms with van der Waals surface area (Å²) in [5, 5.41) is 18.6. The van der Waals surface area contributed by atoms with Crippen molar-refractivity contribution in [2.45, 2.75) is 38.4 Å². The van der Waals surface area contributed by atoms with Gasteiger partial charge in [0.1, 0.15) is 0 Å². The highest BCUT2D eigenvalue weighted by Gasteiger charge is 2.45. The zero-order valence-corrected chi connectivity index (χ0v) is 21.9. The highest BCUT2D eigenvalue weighted by atomic mass is 19.4. The van der Waals surface area contributed by atoms with Crippen molar-refractivity contribution in [3.8, 4) is 0 Å². The number of H-pyrrole nitrogens is 1. The molecule has 39 heavy (non-hydrogen) atoms. The average molecular weight is 544 g/mol. The van der Waals surface area contributed by atoms with Gasteiger partial charge in [0.2, 0.25) is 6.35 Å². The lowest BCUT2D eigenvalue weighted by Gasteiger charge is -2.35. The summed E-state index contributed by atoms with van der Waals surface area (Å²) in [6.07, 6.45) is 0.110. The van der Waals surface area contributed by atoms with Crippen molar-refractivity contribution in [1.29, 1.82) is 0 Å². The molecule has 0 aliphatic carbocycles. The molecule has 0 amide bonds. The van der Waals surface area contributed by atoms with Crippen LogP contribution in [0.4, 0.5) is 18.9 Å². The Morgan fingerprint density at radius 1 is 1.21 bits per heavy atom. The van der Waals surface area contributed by atoms with E-state index >= 15 is 0 Å². The summed E-state index contributed by atoms with van der Waals surface area (Å²) in [7, 11) is 0.